The first-order valence-corrected chi connectivity index (χ1v) is 25.4. The smallest absolute Gasteiger partial charge is 0.343 e. The summed E-state index contributed by atoms with van der Waals surface area (Å²) in [5.41, 5.74) is 6.99. The molecule has 9 rings (SSSR count). The van der Waals surface area contributed by atoms with E-state index in [2.05, 4.69) is 10.6 Å². The van der Waals surface area contributed by atoms with Crippen LogP contribution in [-0.2, 0) is 30.6 Å². The van der Waals surface area contributed by atoms with Crippen LogP contribution in [0.5, 0.6) is 28.7 Å². The number of hydroxylamine groups is 2. The predicted octanol–water partition coefficient (Wildman–Crippen LogP) is 7.73. The Morgan fingerprint density at radius 1 is 0.757 bits per heavy atom. The van der Waals surface area contributed by atoms with E-state index in [1.165, 1.54) is 26.0 Å². The van der Waals surface area contributed by atoms with Gasteiger partial charge in [0.15, 0.2) is 23.0 Å². The van der Waals surface area contributed by atoms with Crippen molar-refractivity contribution in [2.75, 3.05) is 52.2 Å². The molecule has 5 aliphatic heterocycles. The molecule has 5 heterocycles. The summed E-state index contributed by atoms with van der Waals surface area (Å²) < 4.78 is 28.6. The molecular weight excluding hydrogens is 969 g/mol. The van der Waals surface area contributed by atoms with E-state index < -0.39 is 22.5 Å². The quantitative estimate of drug-likeness (QED) is 0.0643. The molecule has 2 atom stereocenters. The van der Waals surface area contributed by atoms with Gasteiger partial charge in [-0.25, -0.2) is 4.79 Å². The molecule has 5 amide bonds. The number of nitrogens with one attached hydrogen (secondary N) is 2. The number of benzene rings is 4. The number of amides is 5. The van der Waals surface area contributed by atoms with Crippen LogP contribution in [0.4, 0.5) is 11.4 Å². The third-order valence-corrected chi connectivity index (χ3v) is 14.8. The summed E-state index contributed by atoms with van der Waals surface area (Å²) in [5.74, 6) is 0.268. The minimum absolute atomic E-state index is 0.0313. The van der Waals surface area contributed by atoms with Crippen molar-refractivity contribution in [2.45, 2.75) is 82.2 Å². The molecule has 0 saturated carbocycles. The molecule has 0 aliphatic carbocycles. The number of hydrogen-bond donors (Lipinski definition) is 2. The zero-order valence-electron chi connectivity index (χ0n) is 41.9. The van der Waals surface area contributed by atoms with Crippen molar-refractivity contribution in [1.29, 1.82) is 0 Å². The first-order valence-electron chi connectivity index (χ1n) is 24.5. The van der Waals surface area contributed by atoms with Gasteiger partial charge in [0.25, 0.3) is 23.6 Å². The highest BCUT2D eigenvalue weighted by Crippen LogP contribution is 2.42. The van der Waals surface area contributed by atoms with Gasteiger partial charge in [-0.1, -0.05) is 50.2 Å². The van der Waals surface area contributed by atoms with Crippen LogP contribution in [0.1, 0.15) is 96.2 Å². The summed E-state index contributed by atoms with van der Waals surface area (Å²) in [7, 11) is 4.70. The molecule has 0 bridgehead atoms. The van der Waals surface area contributed by atoms with E-state index in [4.69, 9.17) is 33.5 Å². The highest BCUT2D eigenvalue weighted by molar-refractivity contribution is 8.01. The monoisotopic (exact) mass is 1030 g/mol. The Morgan fingerprint density at radius 2 is 1.38 bits per heavy atom. The summed E-state index contributed by atoms with van der Waals surface area (Å²) in [4.78, 5) is 89.6. The standard InChI is InChI=1S/C55H58N6O12S/c1-55(2,74-32-52(65)73-61-50(63)15-16-51(61)64)18-17-49(62)58-27-33-7-9-34(10-8-33)36-21-38-28-56-43-25-47(45(69-4)23-41(43)53(66)59(38)30-36)71-19-6-20-72-48-26-44-42(24-46(48)70-5)54(67)60-31-37(22-39(60)29-57-44)35-11-13-40(68-3)14-12-35/h7-14,23-26,29-31,38-39,56H,6,15-22,27-28,32H2,1-5H3,(H,58,62)/t38-,39-/m0/s1. The van der Waals surface area contributed by atoms with Crippen LogP contribution in [-0.4, -0.2) is 120 Å². The largest absolute Gasteiger partial charge is 0.497 e. The van der Waals surface area contributed by atoms with E-state index in [0.29, 0.717) is 89.3 Å². The highest BCUT2D eigenvalue weighted by atomic mass is 32.2. The van der Waals surface area contributed by atoms with E-state index in [9.17, 15) is 28.8 Å². The van der Waals surface area contributed by atoms with Crippen LogP contribution in [0.3, 0.4) is 0 Å². The molecule has 74 heavy (non-hydrogen) atoms. The number of carbonyl (C=O) groups excluding carboxylic acids is 6. The number of carbonyl (C=O) groups is 6. The van der Waals surface area contributed by atoms with E-state index in [1.807, 2.05) is 74.8 Å². The normalized spacial score (nSPS) is 17.8. The molecule has 4 aromatic carbocycles. The molecule has 0 unspecified atom stereocenters. The number of anilines is 1. The third kappa shape index (κ3) is 11.4. The Kier molecular flexibility index (Phi) is 15.3. The Labute approximate surface area is 433 Å². The second-order valence-electron chi connectivity index (χ2n) is 18.9. The van der Waals surface area contributed by atoms with Crippen LogP contribution < -0.4 is 34.3 Å². The number of nitrogens with zero attached hydrogens (tertiary/aromatic N) is 4. The van der Waals surface area contributed by atoms with Crippen LogP contribution in [0.15, 0.2) is 90.2 Å². The Balaban J connectivity index is 0.741. The van der Waals surface area contributed by atoms with E-state index in [1.54, 1.807) is 47.4 Å². The first kappa shape index (κ1) is 51.1. The van der Waals surface area contributed by atoms with Crippen molar-refractivity contribution in [1.82, 2.24) is 20.2 Å². The number of imide groups is 1. The molecule has 5 aliphatic rings. The molecule has 2 N–H and O–H groups in total. The number of aliphatic imine (C=N–C) groups is 1. The first-order chi connectivity index (χ1) is 35.7. The average molecular weight is 1030 g/mol. The zero-order valence-corrected chi connectivity index (χ0v) is 42.7. The second kappa shape index (κ2) is 22.1. The minimum atomic E-state index is -0.690. The molecule has 0 aromatic heterocycles. The number of fused-ring (bicyclic) bond motifs is 4. The number of rotatable bonds is 20. The maximum absolute atomic E-state index is 14.1. The van der Waals surface area contributed by atoms with Crippen molar-refractivity contribution >= 4 is 76.0 Å². The maximum atomic E-state index is 14.1. The van der Waals surface area contributed by atoms with Crippen molar-refractivity contribution in [2.24, 2.45) is 4.99 Å². The molecule has 4 aromatic rings. The van der Waals surface area contributed by atoms with Crippen LogP contribution in [0.25, 0.3) is 11.1 Å². The summed E-state index contributed by atoms with van der Waals surface area (Å²) in [6.45, 7) is 5.25. The lowest BCUT2D eigenvalue weighted by Gasteiger charge is -2.23. The van der Waals surface area contributed by atoms with Crippen LogP contribution in [0.2, 0.25) is 0 Å². The predicted molar refractivity (Wildman–Crippen MR) is 278 cm³/mol. The van der Waals surface area contributed by atoms with Crippen molar-refractivity contribution in [3.05, 3.63) is 113 Å². The minimum Gasteiger partial charge on any atom is -0.497 e. The van der Waals surface area contributed by atoms with Gasteiger partial charge in [-0.05, 0) is 64.9 Å². The molecular formula is C55H58N6O12S. The molecule has 18 nitrogen and oxygen atoms in total. The highest BCUT2D eigenvalue weighted by Gasteiger charge is 2.37. The number of methoxy groups -OCH3 is 3. The zero-order chi connectivity index (χ0) is 52.1. The SMILES string of the molecule is COc1ccc(C2=CN3C(=O)c4cc(OC)c(OCCCOc5cc6c(cc5OC)C(=O)N5C=C(c7ccc(CNC(=O)CCC(C)(C)SCC(=O)ON8C(=O)CCC8=O)cc7)C[C@H]5CN6)cc4N=C[C@@H]3C2)cc1. The van der Waals surface area contributed by atoms with Gasteiger partial charge in [0, 0.05) is 80.7 Å². The fourth-order valence-corrected chi connectivity index (χ4v) is 10.0. The van der Waals surface area contributed by atoms with Crippen LogP contribution >= 0.6 is 11.8 Å². The van der Waals surface area contributed by atoms with Crippen LogP contribution in [0, 0.1) is 0 Å². The van der Waals surface area contributed by atoms with Gasteiger partial charge < -0.3 is 49.0 Å². The van der Waals surface area contributed by atoms with Gasteiger partial charge in [0.1, 0.15) is 5.75 Å². The number of hydrogen-bond acceptors (Lipinski definition) is 15. The molecule has 0 radical (unpaired) electrons. The Bertz CT molecular complexity index is 2940. The van der Waals surface area contributed by atoms with Crippen molar-refractivity contribution in [3.8, 4) is 28.7 Å². The Hall–Kier alpha value is -7.80. The maximum Gasteiger partial charge on any atom is 0.343 e. The third-order valence-electron chi connectivity index (χ3n) is 13.5. The molecule has 386 valence electrons. The molecule has 1 saturated heterocycles. The molecule has 19 heteroatoms. The van der Waals surface area contributed by atoms with Gasteiger partial charge in [-0.2, -0.15) is 0 Å². The van der Waals surface area contributed by atoms with Gasteiger partial charge in [-0.3, -0.25) is 29.0 Å². The number of ether oxygens (including phenoxy) is 5. The summed E-state index contributed by atoms with van der Waals surface area (Å²) >= 11 is 1.29. The van der Waals surface area contributed by atoms with Gasteiger partial charge in [0.05, 0.1) is 74.9 Å². The topological polar surface area (TPSA) is 204 Å². The Morgan fingerprint density at radius 3 is 2.05 bits per heavy atom. The summed E-state index contributed by atoms with van der Waals surface area (Å²) in [5, 5.41) is 6.97. The van der Waals surface area contributed by atoms with Gasteiger partial charge >= 0.3 is 5.97 Å². The second-order valence-corrected chi connectivity index (χ2v) is 20.6. The van der Waals surface area contributed by atoms with E-state index >= 15 is 0 Å². The molecule has 0 spiro atoms. The lowest BCUT2D eigenvalue weighted by molar-refractivity contribution is -0.195. The summed E-state index contributed by atoms with van der Waals surface area (Å²) in [6, 6.07) is 22.2. The number of thioether (sulfide) groups is 1. The fourth-order valence-electron chi connectivity index (χ4n) is 9.24. The lowest BCUT2D eigenvalue weighted by atomic mass is 10.0. The lowest BCUT2D eigenvalue weighted by Crippen LogP contribution is -2.34. The fraction of sp³-hybridized carbons (Fsp3) is 0.364. The van der Waals surface area contributed by atoms with E-state index in [0.717, 1.165) is 33.6 Å². The van der Waals surface area contributed by atoms with Gasteiger partial charge in [-0.15, -0.1) is 16.8 Å². The van der Waals surface area contributed by atoms with Crippen molar-refractivity contribution < 1.29 is 57.3 Å². The van der Waals surface area contributed by atoms with Gasteiger partial charge in [0.2, 0.25) is 5.91 Å². The molecule has 1 fully saturated rings. The summed E-state index contributed by atoms with van der Waals surface area (Å²) in [6.07, 6.45) is 8.17. The van der Waals surface area contributed by atoms with Crippen molar-refractivity contribution in [3.63, 3.8) is 0 Å². The average Bonchev–Trinajstić information content (AvgIpc) is 4.09. The van der Waals surface area contributed by atoms with E-state index in [-0.39, 0.29) is 68.0 Å².